The van der Waals surface area contributed by atoms with Crippen molar-refractivity contribution >= 4 is 13.3 Å². The Morgan fingerprint density at radius 2 is 1.04 bits per heavy atom. The minimum Gasteiger partial charge on any atom is -0.440 e. The molecule has 0 amide bonds. The summed E-state index contributed by atoms with van der Waals surface area (Å²) in [6, 6.07) is 32.3. The highest BCUT2D eigenvalue weighted by Gasteiger charge is 2.27. The van der Waals surface area contributed by atoms with Crippen molar-refractivity contribution in [3.8, 4) is 39.1 Å². The Labute approximate surface area is 159 Å². The normalized spacial score (nSPS) is 14.7. The summed E-state index contributed by atoms with van der Waals surface area (Å²) < 4.78 is 19.2. The molecule has 27 heavy (non-hydrogen) atoms. The van der Waals surface area contributed by atoms with Crippen LogP contribution in [0, 0.1) is 0 Å². The number of para-hydroxylation sites is 1. The average molecular weight is 368 g/mol. The van der Waals surface area contributed by atoms with E-state index in [0.29, 0.717) is 5.75 Å². The van der Waals surface area contributed by atoms with Gasteiger partial charge in [-0.3, -0.25) is 4.57 Å². The maximum Gasteiger partial charge on any atom is 0.267 e. The zero-order valence-electron chi connectivity index (χ0n) is 14.6. The number of hydrogen-bond donors (Lipinski definition) is 0. The predicted molar refractivity (Wildman–Crippen MR) is 112 cm³/mol. The third-order valence-electron chi connectivity index (χ3n) is 4.94. The smallest absolute Gasteiger partial charge is 0.267 e. The Bertz CT molecular complexity index is 1150. The Kier molecular flexibility index (Phi) is 3.92. The van der Waals surface area contributed by atoms with Gasteiger partial charge in [-0.05, 0) is 22.3 Å². The van der Waals surface area contributed by atoms with Gasteiger partial charge in [0.25, 0.3) is 8.03 Å². The van der Waals surface area contributed by atoms with Gasteiger partial charge in [-0.1, -0.05) is 97.1 Å². The van der Waals surface area contributed by atoms with E-state index >= 15 is 0 Å². The molecule has 2 nitrogen and oxygen atoms in total. The highest BCUT2D eigenvalue weighted by atomic mass is 31.1. The van der Waals surface area contributed by atoms with Gasteiger partial charge in [-0.25, -0.2) is 0 Å². The van der Waals surface area contributed by atoms with E-state index in [-0.39, 0.29) is 0 Å². The molecule has 1 aliphatic rings. The molecule has 1 atom stereocenters. The Hall–Kier alpha value is -3.09. The van der Waals surface area contributed by atoms with E-state index in [1.54, 1.807) is 0 Å². The first-order valence-corrected chi connectivity index (χ1v) is 10.2. The lowest BCUT2D eigenvalue weighted by atomic mass is 9.94. The summed E-state index contributed by atoms with van der Waals surface area (Å²) >= 11 is 0. The standard InChI is InChI=1S/C24H17O2P/c25-27-24-20(18-11-5-2-6-12-18)14-8-16-22(24)21-15-7-13-19(23(21)26-27)17-9-3-1-4-10-17/h1-16,27H. The van der Waals surface area contributed by atoms with E-state index in [0.717, 1.165) is 38.7 Å². The molecule has 0 aromatic heterocycles. The minimum absolute atomic E-state index is 0.713. The van der Waals surface area contributed by atoms with Gasteiger partial charge in [-0.15, -0.1) is 0 Å². The van der Waals surface area contributed by atoms with Crippen LogP contribution in [0.2, 0.25) is 0 Å². The molecule has 0 saturated carbocycles. The SMILES string of the molecule is O=[PH]1Oc2c(-c3ccccc3)cccc2-c2cccc(-c3ccccc3)c21. The van der Waals surface area contributed by atoms with Gasteiger partial charge in [-0.2, -0.15) is 0 Å². The quantitative estimate of drug-likeness (QED) is 0.395. The summed E-state index contributed by atoms with van der Waals surface area (Å²) in [4.78, 5) is 0. The van der Waals surface area contributed by atoms with Crippen molar-refractivity contribution in [1.82, 2.24) is 0 Å². The monoisotopic (exact) mass is 368 g/mol. The topological polar surface area (TPSA) is 26.3 Å². The zero-order chi connectivity index (χ0) is 18.2. The van der Waals surface area contributed by atoms with Gasteiger partial charge in [0.05, 0.1) is 5.30 Å². The molecule has 0 bridgehead atoms. The van der Waals surface area contributed by atoms with Crippen molar-refractivity contribution in [2.24, 2.45) is 0 Å². The Morgan fingerprint density at radius 3 is 1.70 bits per heavy atom. The van der Waals surface area contributed by atoms with Gasteiger partial charge in [0.15, 0.2) is 0 Å². The maximum absolute atomic E-state index is 13.2. The average Bonchev–Trinajstić information content (AvgIpc) is 2.74. The molecule has 1 heterocycles. The van der Waals surface area contributed by atoms with Gasteiger partial charge < -0.3 is 4.52 Å². The molecule has 0 N–H and O–H groups in total. The zero-order valence-corrected chi connectivity index (χ0v) is 15.6. The van der Waals surface area contributed by atoms with Crippen molar-refractivity contribution in [3.05, 3.63) is 97.1 Å². The van der Waals surface area contributed by atoms with Gasteiger partial charge >= 0.3 is 0 Å². The number of fused-ring (bicyclic) bond motifs is 3. The molecule has 3 heteroatoms. The molecular formula is C24H17O2P. The molecular weight excluding hydrogens is 351 g/mol. The second-order valence-corrected chi connectivity index (χ2v) is 7.81. The van der Waals surface area contributed by atoms with Crippen LogP contribution < -0.4 is 9.83 Å². The number of benzene rings is 4. The summed E-state index contributed by atoms with van der Waals surface area (Å²) in [5.74, 6) is 0.713. The molecule has 4 aromatic rings. The highest BCUT2D eigenvalue weighted by Crippen LogP contribution is 2.49. The van der Waals surface area contributed by atoms with Crippen LogP contribution in [0.1, 0.15) is 0 Å². The van der Waals surface area contributed by atoms with E-state index in [4.69, 9.17) is 4.52 Å². The van der Waals surface area contributed by atoms with E-state index in [1.165, 1.54) is 0 Å². The minimum atomic E-state index is -2.42. The summed E-state index contributed by atoms with van der Waals surface area (Å²) in [5, 5.41) is 0.811. The number of rotatable bonds is 2. The summed E-state index contributed by atoms with van der Waals surface area (Å²) in [7, 11) is -2.42. The Morgan fingerprint density at radius 1 is 0.519 bits per heavy atom. The Balaban J connectivity index is 1.76. The lowest BCUT2D eigenvalue weighted by Gasteiger charge is -2.25. The molecule has 0 fully saturated rings. The van der Waals surface area contributed by atoms with Crippen LogP contribution in [0.5, 0.6) is 5.75 Å². The molecule has 5 rings (SSSR count). The lowest BCUT2D eigenvalue weighted by Crippen LogP contribution is -2.13. The first-order chi connectivity index (χ1) is 13.3. The van der Waals surface area contributed by atoms with Crippen molar-refractivity contribution in [1.29, 1.82) is 0 Å². The first kappa shape index (κ1) is 16.1. The van der Waals surface area contributed by atoms with Gasteiger partial charge in [0.2, 0.25) is 0 Å². The fourth-order valence-corrected chi connectivity index (χ4v) is 5.10. The van der Waals surface area contributed by atoms with E-state index in [1.807, 2.05) is 97.1 Å². The largest absolute Gasteiger partial charge is 0.440 e. The molecule has 0 radical (unpaired) electrons. The second kappa shape index (κ2) is 6.57. The molecule has 130 valence electrons. The van der Waals surface area contributed by atoms with Crippen LogP contribution in [0.4, 0.5) is 0 Å². The van der Waals surface area contributed by atoms with Crippen LogP contribution >= 0.6 is 8.03 Å². The molecule has 4 aromatic carbocycles. The van der Waals surface area contributed by atoms with E-state index in [9.17, 15) is 4.57 Å². The van der Waals surface area contributed by atoms with Crippen LogP contribution in [0.3, 0.4) is 0 Å². The third kappa shape index (κ3) is 2.70. The fourth-order valence-electron chi connectivity index (χ4n) is 3.70. The predicted octanol–water partition coefficient (Wildman–Crippen LogP) is 6.18. The number of hydrogen-bond acceptors (Lipinski definition) is 2. The molecule has 0 saturated heterocycles. The van der Waals surface area contributed by atoms with Gasteiger partial charge in [0.1, 0.15) is 5.75 Å². The highest BCUT2D eigenvalue weighted by molar-refractivity contribution is 7.49. The van der Waals surface area contributed by atoms with Crippen LogP contribution in [-0.4, -0.2) is 0 Å². The molecule has 0 aliphatic carbocycles. The van der Waals surface area contributed by atoms with Crippen LogP contribution in [0.15, 0.2) is 97.1 Å². The molecule has 0 spiro atoms. The maximum atomic E-state index is 13.2. The van der Waals surface area contributed by atoms with Crippen molar-refractivity contribution in [3.63, 3.8) is 0 Å². The van der Waals surface area contributed by atoms with Crippen molar-refractivity contribution in [2.45, 2.75) is 0 Å². The summed E-state index contributed by atoms with van der Waals surface area (Å²) in [6.07, 6.45) is 0. The van der Waals surface area contributed by atoms with E-state index in [2.05, 4.69) is 0 Å². The summed E-state index contributed by atoms with van der Waals surface area (Å²) in [5.41, 5.74) is 6.06. The summed E-state index contributed by atoms with van der Waals surface area (Å²) in [6.45, 7) is 0. The van der Waals surface area contributed by atoms with Crippen LogP contribution in [-0.2, 0) is 4.57 Å². The lowest BCUT2D eigenvalue weighted by molar-refractivity contribution is 0.514. The fraction of sp³-hybridized carbons (Fsp3) is 0. The third-order valence-corrected chi connectivity index (χ3v) is 6.27. The molecule has 1 unspecified atom stereocenters. The second-order valence-electron chi connectivity index (χ2n) is 6.53. The molecule has 1 aliphatic heterocycles. The van der Waals surface area contributed by atoms with Crippen molar-refractivity contribution < 1.29 is 9.09 Å². The van der Waals surface area contributed by atoms with E-state index < -0.39 is 8.03 Å². The van der Waals surface area contributed by atoms with Gasteiger partial charge in [0, 0.05) is 11.1 Å². The first-order valence-electron chi connectivity index (χ1n) is 8.92. The van der Waals surface area contributed by atoms with Crippen molar-refractivity contribution in [2.75, 3.05) is 0 Å². The van der Waals surface area contributed by atoms with Crippen LogP contribution in [0.25, 0.3) is 33.4 Å².